The molecule has 0 spiro atoms. The number of nitrogens with one attached hydrogen (secondary N) is 1. The minimum atomic E-state index is -4.50. The first-order valence-corrected chi connectivity index (χ1v) is 7.92. The van der Waals surface area contributed by atoms with Crippen LogP contribution in [0.15, 0.2) is 30.5 Å². The molecule has 2 heterocycles. The van der Waals surface area contributed by atoms with Crippen LogP contribution in [-0.4, -0.2) is 15.5 Å². The van der Waals surface area contributed by atoms with Gasteiger partial charge in [0.25, 0.3) is 0 Å². The van der Waals surface area contributed by atoms with E-state index in [4.69, 9.17) is 0 Å². The van der Waals surface area contributed by atoms with E-state index in [9.17, 15) is 18.0 Å². The number of anilines is 1. The third-order valence-electron chi connectivity index (χ3n) is 4.25. The first kappa shape index (κ1) is 16.5. The minimum Gasteiger partial charge on any atom is -0.334 e. The Balaban J connectivity index is 1.80. The lowest BCUT2D eigenvalue weighted by atomic mass is 9.98. The van der Waals surface area contributed by atoms with Gasteiger partial charge in [0.05, 0.1) is 5.92 Å². The van der Waals surface area contributed by atoms with Gasteiger partial charge in [-0.15, -0.1) is 0 Å². The summed E-state index contributed by atoms with van der Waals surface area (Å²) in [7, 11) is 0. The maximum atomic E-state index is 12.8. The van der Waals surface area contributed by atoms with Crippen molar-refractivity contribution in [2.75, 3.05) is 5.32 Å². The first-order valence-electron chi connectivity index (χ1n) is 7.92. The van der Waals surface area contributed by atoms with E-state index in [2.05, 4.69) is 10.3 Å². The van der Waals surface area contributed by atoms with E-state index in [1.807, 2.05) is 19.1 Å². The van der Waals surface area contributed by atoms with Gasteiger partial charge in [0.15, 0.2) is 5.69 Å². The maximum Gasteiger partial charge on any atom is 0.434 e. The third-order valence-corrected chi connectivity index (χ3v) is 4.25. The van der Waals surface area contributed by atoms with Crippen molar-refractivity contribution in [2.45, 2.75) is 44.8 Å². The Morgan fingerprint density at radius 3 is 2.67 bits per heavy atom. The standard InChI is InChI=1S/C17H18F3N3O/c1-2-11-5-7-12(8-6-11)21-16(24)13-4-3-9-23-10-14(17(18,19)20)22-15(13)23/h5-8,10,13H,2-4,9H2,1H3,(H,21,24). The fraction of sp³-hybridized carbons (Fsp3) is 0.412. The van der Waals surface area contributed by atoms with Gasteiger partial charge in [0, 0.05) is 18.4 Å². The number of hydrogen-bond acceptors (Lipinski definition) is 2. The highest BCUT2D eigenvalue weighted by Gasteiger charge is 2.38. The molecule has 0 aliphatic carbocycles. The van der Waals surface area contributed by atoms with E-state index >= 15 is 0 Å². The van der Waals surface area contributed by atoms with Crippen LogP contribution in [0.2, 0.25) is 0 Å². The van der Waals surface area contributed by atoms with Gasteiger partial charge in [-0.1, -0.05) is 19.1 Å². The lowest BCUT2D eigenvalue weighted by Crippen LogP contribution is -2.27. The number of hydrogen-bond donors (Lipinski definition) is 1. The molecular weight excluding hydrogens is 319 g/mol. The Morgan fingerprint density at radius 2 is 2.04 bits per heavy atom. The van der Waals surface area contributed by atoms with Gasteiger partial charge in [0.1, 0.15) is 5.82 Å². The van der Waals surface area contributed by atoms with Gasteiger partial charge in [-0.3, -0.25) is 4.79 Å². The molecule has 1 N–H and O–H groups in total. The summed E-state index contributed by atoms with van der Waals surface area (Å²) in [5, 5.41) is 2.78. The molecule has 1 amide bonds. The summed E-state index contributed by atoms with van der Waals surface area (Å²) in [5.74, 6) is -0.795. The number of carbonyl (C=O) groups excluding carboxylic acids is 1. The molecule has 4 nitrogen and oxygen atoms in total. The lowest BCUT2D eigenvalue weighted by Gasteiger charge is -2.22. The van der Waals surface area contributed by atoms with Crippen molar-refractivity contribution in [2.24, 2.45) is 0 Å². The number of carbonyl (C=O) groups is 1. The van der Waals surface area contributed by atoms with Gasteiger partial charge in [-0.2, -0.15) is 13.2 Å². The number of benzene rings is 1. The summed E-state index contributed by atoms with van der Waals surface area (Å²) in [5.41, 5.74) is 0.845. The predicted octanol–water partition coefficient (Wildman–Crippen LogP) is 3.98. The number of nitrogens with zero attached hydrogens (tertiary/aromatic N) is 2. The van der Waals surface area contributed by atoms with Gasteiger partial charge >= 0.3 is 6.18 Å². The van der Waals surface area contributed by atoms with Crippen molar-refractivity contribution < 1.29 is 18.0 Å². The summed E-state index contributed by atoms with van der Waals surface area (Å²) < 4.78 is 40.0. The molecule has 7 heteroatoms. The first-order chi connectivity index (χ1) is 11.4. The molecular formula is C17H18F3N3O. The Morgan fingerprint density at radius 1 is 1.33 bits per heavy atom. The molecule has 1 atom stereocenters. The molecule has 0 radical (unpaired) electrons. The molecule has 128 valence electrons. The molecule has 2 aromatic rings. The van der Waals surface area contributed by atoms with Crippen LogP contribution in [0.25, 0.3) is 0 Å². The minimum absolute atomic E-state index is 0.191. The quantitative estimate of drug-likeness (QED) is 0.921. The van der Waals surface area contributed by atoms with Crippen LogP contribution in [0.5, 0.6) is 0 Å². The third kappa shape index (κ3) is 3.29. The van der Waals surface area contributed by atoms with E-state index < -0.39 is 17.8 Å². The van der Waals surface area contributed by atoms with Crippen LogP contribution < -0.4 is 5.32 Å². The maximum absolute atomic E-state index is 12.8. The van der Waals surface area contributed by atoms with Crippen molar-refractivity contribution in [1.29, 1.82) is 0 Å². The van der Waals surface area contributed by atoms with Crippen molar-refractivity contribution in [3.05, 3.63) is 47.5 Å². The van der Waals surface area contributed by atoms with E-state index in [1.54, 1.807) is 12.1 Å². The Hall–Kier alpha value is -2.31. The van der Waals surface area contributed by atoms with E-state index in [1.165, 1.54) is 4.57 Å². The molecule has 0 fully saturated rings. The van der Waals surface area contributed by atoms with Crippen LogP contribution in [0, 0.1) is 0 Å². The number of halogens is 3. The second-order valence-corrected chi connectivity index (χ2v) is 5.91. The second kappa shape index (κ2) is 6.30. The van der Waals surface area contributed by atoms with Crippen molar-refractivity contribution >= 4 is 11.6 Å². The number of fused-ring (bicyclic) bond motifs is 1. The Kier molecular flexibility index (Phi) is 4.34. The summed E-state index contributed by atoms with van der Waals surface area (Å²) in [6.45, 7) is 2.49. The average molecular weight is 337 g/mol. The zero-order chi connectivity index (χ0) is 17.3. The van der Waals surface area contributed by atoms with Crippen molar-refractivity contribution in [1.82, 2.24) is 9.55 Å². The Bertz CT molecular complexity index is 735. The highest BCUT2D eigenvalue weighted by molar-refractivity contribution is 5.95. The Labute approximate surface area is 137 Å². The van der Waals surface area contributed by atoms with Gasteiger partial charge in [0.2, 0.25) is 5.91 Å². The second-order valence-electron chi connectivity index (χ2n) is 5.91. The molecule has 3 rings (SSSR count). The van der Waals surface area contributed by atoms with Crippen LogP contribution in [0.3, 0.4) is 0 Å². The molecule has 1 aromatic heterocycles. The number of aryl methyl sites for hydroxylation is 2. The van der Waals surface area contributed by atoms with Gasteiger partial charge in [-0.25, -0.2) is 4.98 Å². The van der Waals surface area contributed by atoms with E-state index in [-0.39, 0.29) is 11.7 Å². The van der Waals surface area contributed by atoms with Crippen LogP contribution in [-0.2, 0) is 23.9 Å². The van der Waals surface area contributed by atoms with E-state index in [0.29, 0.717) is 25.1 Å². The molecule has 1 aliphatic rings. The monoisotopic (exact) mass is 337 g/mol. The topological polar surface area (TPSA) is 46.9 Å². The SMILES string of the molecule is CCc1ccc(NC(=O)C2CCCn3cc(C(F)(F)F)nc32)cc1. The highest BCUT2D eigenvalue weighted by Crippen LogP contribution is 2.34. The molecule has 1 unspecified atom stereocenters. The summed E-state index contributed by atoms with van der Waals surface area (Å²) >= 11 is 0. The van der Waals surface area contributed by atoms with Crippen LogP contribution >= 0.6 is 0 Å². The number of rotatable bonds is 3. The summed E-state index contributed by atoms with van der Waals surface area (Å²) in [6, 6.07) is 7.43. The zero-order valence-electron chi connectivity index (χ0n) is 13.2. The van der Waals surface area contributed by atoms with Crippen molar-refractivity contribution in [3.8, 4) is 0 Å². The molecule has 1 aliphatic heterocycles. The number of aromatic nitrogens is 2. The summed E-state index contributed by atoms with van der Waals surface area (Å²) in [6.07, 6.45) is -1.47. The van der Waals surface area contributed by atoms with Crippen LogP contribution in [0.4, 0.5) is 18.9 Å². The molecule has 24 heavy (non-hydrogen) atoms. The molecule has 1 aromatic carbocycles. The fourth-order valence-corrected chi connectivity index (χ4v) is 2.92. The van der Waals surface area contributed by atoms with Crippen LogP contribution in [0.1, 0.15) is 42.8 Å². The lowest BCUT2D eigenvalue weighted by molar-refractivity contribution is -0.141. The molecule has 0 bridgehead atoms. The highest BCUT2D eigenvalue weighted by atomic mass is 19.4. The molecule has 0 saturated heterocycles. The largest absolute Gasteiger partial charge is 0.434 e. The number of amides is 1. The number of alkyl halides is 3. The molecule has 0 saturated carbocycles. The smallest absolute Gasteiger partial charge is 0.334 e. The van der Waals surface area contributed by atoms with Crippen molar-refractivity contribution in [3.63, 3.8) is 0 Å². The predicted molar refractivity (Wildman–Crippen MR) is 83.7 cm³/mol. The average Bonchev–Trinajstić information content (AvgIpc) is 3.00. The van der Waals surface area contributed by atoms with Gasteiger partial charge in [-0.05, 0) is 37.0 Å². The normalized spacial score (nSPS) is 17.4. The zero-order valence-corrected chi connectivity index (χ0v) is 13.2. The summed E-state index contributed by atoms with van der Waals surface area (Å²) in [4.78, 5) is 16.2. The van der Waals surface area contributed by atoms with Gasteiger partial charge < -0.3 is 9.88 Å². The van der Waals surface area contributed by atoms with E-state index in [0.717, 1.165) is 18.2 Å². The fourth-order valence-electron chi connectivity index (χ4n) is 2.92. The number of imidazole rings is 1.